The first-order chi connectivity index (χ1) is 11.0. The SMILES string of the molecule is COCCN(CC(=O)O)C(=O)COc1ccc(C#N)cc1OC. The smallest absolute Gasteiger partial charge is 0.323 e. The number of hydrogen-bond acceptors (Lipinski definition) is 6. The second-order valence-corrected chi connectivity index (χ2v) is 4.47. The average Bonchev–Trinajstić information content (AvgIpc) is 2.55. The number of amides is 1. The van der Waals surface area contributed by atoms with Crippen molar-refractivity contribution in [3.63, 3.8) is 0 Å². The highest BCUT2D eigenvalue weighted by Gasteiger charge is 2.18. The Hall–Kier alpha value is -2.79. The molecule has 1 aromatic carbocycles. The lowest BCUT2D eigenvalue weighted by molar-refractivity contribution is -0.145. The van der Waals surface area contributed by atoms with E-state index in [1.165, 1.54) is 32.4 Å². The number of aliphatic carboxylic acids is 1. The number of methoxy groups -OCH3 is 2. The van der Waals surface area contributed by atoms with Crippen molar-refractivity contribution in [2.45, 2.75) is 0 Å². The maximum atomic E-state index is 12.1. The van der Waals surface area contributed by atoms with Gasteiger partial charge in [0.1, 0.15) is 6.54 Å². The third kappa shape index (κ3) is 5.84. The number of carbonyl (C=O) groups excluding carboxylic acids is 1. The number of hydrogen-bond donors (Lipinski definition) is 1. The van der Waals surface area contributed by atoms with Crippen LogP contribution in [0, 0.1) is 11.3 Å². The number of ether oxygens (including phenoxy) is 3. The first-order valence-electron chi connectivity index (χ1n) is 6.71. The van der Waals surface area contributed by atoms with Gasteiger partial charge >= 0.3 is 5.97 Å². The quantitative estimate of drug-likeness (QED) is 0.705. The Kier molecular flexibility index (Phi) is 7.36. The van der Waals surface area contributed by atoms with E-state index in [9.17, 15) is 9.59 Å². The van der Waals surface area contributed by atoms with Gasteiger partial charge in [-0.05, 0) is 12.1 Å². The maximum absolute atomic E-state index is 12.1. The minimum Gasteiger partial charge on any atom is -0.493 e. The second kappa shape index (κ2) is 9.27. The van der Waals surface area contributed by atoms with Crippen molar-refractivity contribution in [2.75, 3.05) is 40.5 Å². The van der Waals surface area contributed by atoms with Gasteiger partial charge < -0.3 is 24.2 Å². The van der Waals surface area contributed by atoms with Gasteiger partial charge in [0.25, 0.3) is 5.91 Å². The van der Waals surface area contributed by atoms with Gasteiger partial charge in [0.2, 0.25) is 0 Å². The van der Waals surface area contributed by atoms with E-state index in [4.69, 9.17) is 24.6 Å². The Bertz CT molecular complexity index is 596. The fraction of sp³-hybridized carbons (Fsp3) is 0.400. The van der Waals surface area contributed by atoms with Crippen LogP contribution in [0.1, 0.15) is 5.56 Å². The number of benzene rings is 1. The highest BCUT2D eigenvalue weighted by molar-refractivity contribution is 5.82. The van der Waals surface area contributed by atoms with Crippen LogP contribution in [0.5, 0.6) is 11.5 Å². The van der Waals surface area contributed by atoms with E-state index in [0.29, 0.717) is 17.1 Å². The monoisotopic (exact) mass is 322 g/mol. The number of carboxylic acid groups (broad SMARTS) is 1. The van der Waals surface area contributed by atoms with Gasteiger partial charge in [0, 0.05) is 19.7 Å². The molecule has 0 radical (unpaired) electrons. The molecule has 0 unspecified atom stereocenters. The van der Waals surface area contributed by atoms with Gasteiger partial charge in [0.05, 0.1) is 25.3 Å². The molecule has 0 atom stereocenters. The van der Waals surface area contributed by atoms with Crippen molar-refractivity contribution in [1.29, 1.82) is 5.26 Å². The molecule has 0 fully saturated rings. The van der Waals surface area contributed by atoms with Crippen LogP contribution in [-0.2, 0) is 14.3 Å². The topological polar surface area (TPSA) is 109 Å². The standard InChI is InChI=1S/C15H18N2O6/c1-21-6-5-17(9-15(19)20)14(18)10-23-12-4-3-11(8-16)7-13(12)22-2/h3-4,7H,5-6,9-10H2,1-2H3,(H,19,20). The van der Waals surface area contributed by atoms with Crippen molar-refractivity contribution < 1.29 is 28.9 Å². The van der Waals surface area contributed by atoms with Crippen molar-refractivity contribution >= 4 is 11.9 Å². The third-order valence-electron chi connectivity index (χ3n) is 2.89. The predicted molar refractivity (Wildman–Crippen MR) is 79.3 cm³/mol. The largest absolute Gasteiger partial charge is 0.493 e. The molecule has 0 aliphatic carbocycles. The normalized spacial score (nSPS) is 9.78. The zero-order chi connectivity index (χ0) is 17.2. The van der Waals surface area contributed by atoms with E-state index in [2.05, 4.69) is 0 Å². The lowest BCUT2D eigenvalue weighted by Crippen LogP contribution is -2.40. The number of carboxylic acids is 1. The van der Waals surface area contributed by atoms with Crippen LogP contribution >= 0.6 is 0 Å². The Morgan fingerprint density at radius 2 is 2.04 bits per heavy atom. The molecule has 1 N–H and O–H groups in total. The first-order valence-corrected chi connectivity index (χ1v) is 6.71. The molecule has 0 bridgehead atoms. The molecule has 23 heavy (non-hydrogen) atoms. The van der Waals surface area contributed by atoms with Crippen molar-refractivity contribution in [1.82, 2.24) is 4.90 Å². The van der Waals surface area contributed by atoms with Crippen molar-refractivity contribution in [3.8, 4) is 17.6 Å². The molecule has 124 valence electrons. The minimum atomic E-state index is -1.12. The molecule has 0 spiro atoms. The van der Waals surface area contributed by atoms with Gasteiger partial charge in [-0.1, -0.05) is 0 Å². The lowest BCUT2D eigenvalue weighted by atomic mass is 10.2. The summed E-state index contributed by atoms with van der Waals surface area (Å²) in [4.78, 5) is 24.0. The molecule has 0 heterocycles. The lowest BCUT2D eigenvalue weighted by Gasteiger charge is -2.20. The highest BCUT2D eigenvalue weighted by Crippen LogP contribution is 2.27. The Balaban J connectivity index is 2.72. The third-order valence-corrected chi connectivity index (χ3v) is 2.89. The highest BCUT2D eigenvalue weighted by atomic mass is 16.5. The van der Waals surface area contributed by atoms with Crippen LogP contribution in [0.15, 0.2) is 18.2 Å². The Morgan fingerprint density at radius 3 is 2.61 bits per heavy atom. The molecule has 8 heteroatoms. The van der Waals surface area contributed by atoms with E-state index in [0.717, 1.165) is 4.90 Å². The second-order valence-electron chi connectivity index (χ2n) is 4.47. The number of carbonyl (C=O) groups is 2. The Morgan fingerprint density at radius 1 is 1.30 bits per heavy atom. The summed E-state index contributed by atoms with van der Waals surface area (Å²) in [5.41, 5.74) is 0.396. The maximum Gasteiger partial charge on any atom is 0.323 e. The number of nitriles is 1. The summed E-state index contributed by atoms with van der Waals surface area (Å²) in [6.45, 7) is -0.413. The van der Waals surface area contributed by atoms with Crippen LogP contribution in [0.25, 0.3) is 0 Å². The summed E-state index contributed by atoms with van der Waals surface area (Å²) in [5, 5.41) is 17.7. The molecular formula is C15H18N2O6. The van der Waals surface area contributed by atoms with E-state index < -0.39 is 18.4 Å². The van der Waals surface area contributed by atoms with E-state index in [-0.39, 0.29) is 19.8 Å². The van der Waals surface area contributed by atoms with Gasteiger partial charge in [-0.15, -0.1) is 0 Å². The predicted octanol–water partition coefficient (Wildman–Crippen LogP) is 0.505. The summed E-state index contributed by atoms with van der Waals surface area (Å²) in [6, 6.07) is 6.50. The molecule has 8 nitrogen and oxygen atoms in total. The fourth-order valence-electron chi connectivity index (χ4n) is 1.74. The van der Waals surface area contributed by atoms with Crippen LogP contribution in [0.2, 0.25) is 0 Å². The summed E-state index contributed by atoms with van der Waals surface area (Å²) < 4.78 is 15.3. The molecule has 0 aliphatic rings. The molecule has 1 aromatic rings. The van der Waals surface area contributed by atoms with Crippen LogP contribution in [0.4, 0.5) is 0 Å². The van der Waals surface area contributed by atoms with E-state index >= 15 is 0 Å². The van der Waals surface area contributed by atoms with E-state index in [1.54, 1.807) is 0 Å². The zero-order valence-corrected chi connectivity index (χ0v) is 12.9. The van der Waals surface area contributed by atoms with Crippen LogP contribution < -0.4 is 9.47 Å². The zero-order valence-electron chi connectivity index (χ0n) is 12.9. The fourth-order valence-corrected chi connectivity index (χ4v) is 1.74. The number of rotatable bonds is 9. The molecule has 1 rings (SSSR count). The number of nitrogens with zero attached hydrogens (tertiary/aromatic N) is 2. The van der Waals surface area contributed by atoms with Gasteiger partial charge in [-0.2, -0.15) is 5.26 Å². The van der Waals surface area contributed by atoms with Gasteiger partial charge in [-0.25, -0.2) is 0 Å². The summed E-state index contributed by atoms with van der Waals surface area (Å²) in [5.74, 6) is -0.998. The van der Waals surface area contributed by atoms with Crippen molar-refractivity contribution in [2.24, 2.45) is 0 Å². The van der Waals surface area contributed by atoms with Crippen molar-refractivity contribution in [3.05, 3.63) is 23.8 Å². The average molecular weight is 322 g/mol. The summed E-state index contributed by atoms with van der Waals surface area (Å²) in [6.07, 6.45) is 0. The first kappa shape index (κ1) is 18.3. The molecule has 0 saturated carbocycles. The van der Waals surface area contributed by atoms with Crippen LogP contribution in [-0.4, -0.2) is 62.4 Å². The summed E-state index contributed by atoms with van der Waals surface area (Å²) >= 11 is 0. The molecule has 0 aliphatic heterocycles. The molecular weight excluding hydrogens is 304 g/mol. The van der Waals surface area contributed by atoms with Gasteiger partial charge in [0.15, 0.2) is 18.1 Å². The van der Waals surface area contributed by atoms with Crippen LogP contribution in [0.3, 0.4) is 0 Å². The summed E-state index contributed by atoms with van der Waals surface area (Å²) in [7, 11) is 2.88. The Labute approximate surface area is 133 Å². The van der Waals surface area contributed by atoms with E-state index in [1.807, 2.05) is 6.07 Å². The van der Waals surface area contributed by atoms with Gasteiger partial charge in [-0.3, -0.25) is 9.59 Å². The minimum absolute atomic E-state index is 0.148. The molecule has 1 amide bonds. The molecule has 0 aromatic heterocycles. The molecule has 0 saturated heterocycles.